The molecule has 1 aromatic carbocycles. The van der Waals surface area contributed by atoms with Gasteiger partial charge in [0.25, 0.3) is 0 Å². The highest BCUT2D eigenvalue weighted by Gasteiger charge is 2.13. The number of rotatable bonds is 3. The first-order valence-corrected chi connectivity index (χ1v) is 4.70. The second-order valence-corrected chi connectivity index (χ2v) is 3.23. The first-order valence-electron chi connectivity index (χ1n) is 4.70. The molecule has 0 saturated heterocycles. The van der Waals surface area contributed by atoms with E-state index in [1.165, 1.54) is 7.11 Å². The highest BCUT2D eigenvalue weighted by molar-refractivity contribution is 5.68. The first-order chi connectivity index (χ1) is 7.76. The van der Waals surface area contributed by atoms with Crippen LogP contribution in [0.25, 0.3) is 11.3 Å². The minimum absolute atomic E-state index is 0.197. The molecule has 0 spiro atoms. The van der Waals surface area contributed by atoms with Crippen molar-refractivity contribution in [1.82, 2.24) is 5.16 Å². The fourth-order valence-electron chi connectivity index (χ4n) is 1.55. The van der Waals surface area contributed by atoms with Crippen molar-refractivity contribution in [3.63, 3.8) is 0 Å². The molecule has 0 bridgehead atoms. The molecule has 84 valence electrons. The van der Waals surface area contributed by atoms with Gasteiger partial charge in [0.15, 0.2) is 0 Å². The van der Waals surface area contributed by atoms with Gasteiger partial charge in [0.05, 0.1) is 7.11 Å². The Morgan fingerprint density at radius 1 is 1.50 bits per heavy atom. The Morgan fingerprint density at radius 2 is 2.31 bits per heavy atom. The van der Waals surface area contributed by atoms with Crippen LogP contribution in [-0.4, -0.2) is 12.3 Å². The summed E-state index contributed by atoms with van der Waals surface area (Å²) < 4.78 is 22.8. The van der Waals surface area contributed by atoms with Crippen LogP contribution >= 0.6 is 0 Å². The maximum absolute atomic E-state index is 13.0. The zero-order chi connectivity index (χ0) is 11.5. The third-order valence-corrected chi connectivity index (χ3v) is 2.29. The van der Waals surface area contributed by atoms with Crippen molar-refractivity contribution in [3.8, 4) is 17.0 Å². The minimum atomic E-state index is -0.633. The van der Waals surface area contributed by atoms with Gasteiger partial charge in [-0.1, -0.05) is 17.3 Å². The molecule has 0 aliphatic heterocycles. The summed E-state index contributed by atoms with van der Waals surface area (Å²) in [4.78, 5) is 0. The van der Waals surface area contributed by atoms with Crippen molar-refractivity contribution in [2.45, 2.75) is 6.67 Å². The van der Waals surface area contributed by atoms with Crippen molar-refractivity contribution in [2.75, 3.05) is 12.8 Å². The second kappa shape index (κ2) is 4.22. The van der Waals surface area contributed by atoms with Gasteiger partial charge in [-0.05, 0) is 6.07 Å². The number of hydrogen-bond acceptors (Lipinski definition) is 4. The van der Waals surface area contributed by atoms with E-state index < -0.39 is 6.67 Å². The number of anilines is 1. The largest absolute Gasteiger partial charge is 0.496 e. The van der Waals surface area contributed by atoms with Crippen LogP contribution in [0.2, 0.25) is 0 Å². The van der Waals surface area contributed by atoms with Crippen LogP contribution in [0.15, 0.2) is 28.8 Å². The number of nitrogens with zero attached hydrogens (tertiary/aromatic N) is 1. The summed E-state index contributed by atoms with van der Waals surface area (Å²) >= 11 is 0. The number of benzene rings is 1. The Hall–Kier alpha value is -2.04. The molecule has 5 heteroatoms. The molecule has 0 amide bonds. The number of nitrogens with two attached hydrogens (primary N) is 1. The lowest BCUT2D eigenvalue weighted by Crippen LogP contribution is -1.93. The van der Waals surface area contributed by atoms with Crippen molar-refractivity contribution in [1.29, 1.82) is 0 Å². The lowest BCUT2D eigenvalue weighted by Gasteiger charge is -2.08. The van der Waals surface area contributed by atoms with Crippen molar-refractivity contribution in [2.24, 2.45) is 0 Å². The lowest BCUT2D eigenvalue weighted by atomic mass is 10.0. The molecule has 2 aromatic rings. The highest BCUT2D eigenvalue weighted by Crippen LogP contribution is 2.31. The Labute approximate surface area is 91.8 Å². The summed E-state index contributed by atoms with van der Waals surface area (Å²) in [6, 6.07) is 6.75. The van der Waals surface area contributed by atoms with Crippen LogP contribution in [0.5, 0.6) is 5.75 Å². The molecule has 0 radical (unpaired) electrons. The fourth-order valence-corrected chi connectivity index (χ4v) is 1.55. The van der Waals surface area contributed by atoms with E-state index in [9.17, 15) is 4.39 Å². The first kappa shape index (κ1) is 10.5. The zero-order valence-electron chi connectivity index (χ0n) is 8.74. The molecule has 0 unspecified atom stereocenters. The number of nitrogen functional groups attached to an aromatic ring is 1. The van der Waals surface area contributed by atoms with Gasteiger partial charge in [-0.3, -0.25) is 0 Å². The topological polar surface area (TPSA) is 61.3 Å². The number of methoxy groups -OCH3 is 1. The normalized spacial score (nSPS) is 10.4. The van der Waals surface area contributed by atoms with Crippen molar-refractivity contribution in [3.05, 3.63) is 29.8 Å². The van der Waals surface area contributed by atoms with Crippen LogP contribution in [0.3, 0.4) is 0 Å². The number of aromatic nitrogens is 1. The average Bonchev–Trinajstić information content (AvgIpc) is 2.74. The van der Waals surface area contributed by atoms with Crippen molar-refractivity contribution < 1.29 is 13.7 Å². The molecule has 1 heterocycles. The minimum Gasteiger partial charge on any atom is -0.496 e. The fraction of sp³-hybridized carbons (Fsp3) is 0.182. The molecule has 0 aliphatic carbocycles. The molecule has 1 aromatic heterocycles. The number of alkyl halides is 1. The number of halogens is 1. The van der Waals surface area contributed by atoms with E-state index in [1.54, 1.807) is 24.3 Å². The van der Waals surface area contributed by atoms with Crippen LogP contribution < -0.4 is 10.5 Å². The van der Waals surface area contributed by atoms with E-state index >= 15 is 0 Å². The summed E-state index contributed by atoms with van der Waals surface area (Å²) in [6.45, 7) is -0.633. The molecule has 0 aliphatic rings. The smallest absolute Gasteiger partial charge is 0.222 e. The van der Waals surface area contributed by atoms with E-state index in [0.717, 1.165) is 0 Å². The Bertz CT molecular complexity index is 496. The summed E-state index contributed by atoms with van der Waals surface area (Å²) in [5, 5.41) is 3.75. The maximum Gasteiger partial charge on any atom is 0.222 e. The molecule has 2 rings (SSSR count). The zero-order valence-corrected chi connectivity index (χ0v) is 8.74. The van der Waals surface area contributed by atoms with E-state index in [2.05, 4.69) is 5.16 Å². The van der Waals surface area contributed by atoms with Gasteiger partial charge in [-0.15, -0.1) is 0 Å². The highest BCUT2D eigenvalue weighted by atomic mass is 19.1. The molecular weight excluding hydrogens is 211 g/mol. The van der Waals surface area contributed by atoms with Crippen LogP contribution in [0.4, 0.5) is 10.3 Å². The van der Waals surface area contributed by atoms with E-state index in [-0.39, 0.29) is 5.88 Å². The monoisotopic (exact) mass is 222 g/mol. The molecule has 0 saturated carbocycles. The second-order valence-electron chi connectivity index (χ2n) is 3.23. The summed E-state index contributed by atoms with van der Waals surface area (Å²) in [5.41, 5.74) is 7.00. The van der Waals surface area contributed by atoms with E-state index in [4.69, 9.17) is 15.0 Å². The van der Waals surface area contributed by atoms with Gasteiger partial charge in [-0.2, -0.15) is 0 Å². The summed E-state index contributed by atoms with van der Waals surface area (Å²) in [5.74, 6) is 0.684. The molecule has 0 fully saturated rings. The van der Waals surface area contributed by atoms with Crippen LogP contribution in [0, 0.1) is 0 Å². The van der Waals surface area contributed by atoms with E-state index in [0.29, 0.717) is 22.6 Å². The molecule has 4 nitrogen and oxygen atoms in total. The number of hydrogen-bond donors (Lipinski definition) is 1. The third kappa shape index (κ3) is 1.71. The molecule has 0 atom stereocenters. The predicted molar refractivity (Wildman–Crippen MR) is 57.7 cm³/mol. The van der Waals surface area contributed by atoms with E-state index in [1.807, 2.05) is 0 Å². The number of ether oxygens (including phenoxy) is 1. The Balaban J connectivity index is 2.56. The van der Waals surface area contributed by atoms with Gasteiger partial charge in [0, 0.05) is 17.2 Å². The standard InChI is InChI=1S/C11H11FN2O2/c1-15-10-4-2-3-7(8(10)6-12)9-5-11(13)16-14-9/h2-5H,6,13H2,1H3. The predicted octanol–water partition coefficient (Wildman–Crippen LogP) is 2.40. The Kier molecular flexibility index (Phi) is 2.76. The average molecular weight is 222 g/mol. The quantitative estimate of drug-likeness (QED) is 0.866. The third-order valence-electron chi connectivity index (χ3n) is 2.29. The van der Waals surface area contributed by atoms with Crippen LogP contribution in [-0.2, 0) is 6.67 Å². The Morgan fingerprint density at radius 3 is 2.88 bits per heavy atom. The lowest BCUT2D eigenvalue weighted by molar-refractivity contribution is 0.394. The van der Waals surface area contributed by atoms with Gasteiger partial charge in [0.2, 0.25) is 5.88 Å². The van der Waals surface area contributed by atoms with Gasteiger partial charge < -0.3 is 15.0 Å². The molecular formula is C11H11FN2O2. The van der Waals surface area contributed by atoms with Gasteiger partial charge in [-0.25, -0.2) is 4.39 Å². The molecule has 16 heavy (non-hydrogen) atoms. The molecule has 2 N–H and O–H groups in total. The maximum atomic E-state index is 13.0. The SMILES string of the molecule is COc1cccc(-c2cc(N)on2)c1CF. The van der Waals surface area contributed by atoms with Gasteiger partial charge >= 0.3 is 0 Å². The summed E-state index contributed by atoms with van der Waals surface area (Å²) in [7, 11) is 1.50. The van der Waals surface area contributed by atoms with Crippen LogP contribution in [0.1, 0.15) is 5.56 Å². The summed E-state index contributed by atoms with van der Waals surface area (Å²) in [6.07, 6.45) is 0. The van der Waals surface area contributed by atoms with Gasteiger partial charge in [0.1, 0.15) is 18.1 Å². The van der Waals surface area contributed by atoms with Crippen molar-refractivity contribution >= 4 is 5.88 Å².